The molecule has 0 fully saturated rings. The smallest absolute Gasteiger partial charge is 0.316 e. The minimum Gasteiger partial charge on any atom is -0.467 e. The Bertz CT molecular complexity index is 500. The van der Waals surface area contributed by atoms with Crippen LogP contribution < -0.4 is 10.1 Å². The number of ether oxygens (including phenoxy) is 1. The van der Waals surface area contributed by atoms with Crippen molar-refractivity contribution in [1.29, 1.82) is 0 Å². The minimum atomic E-state index is 0.0680. The summed E-state index contributed by atoms with van der Waals surface area (Å²) in [5.41, 5.74) is 0.996. The maximum absolute atomic E-state index is 5.98. The van der Waals surface area contributed by atoms with E-state index < -0.39 is 0 Å². The Morgan fingerprint density at radius 3 is 2.61 bits per heavy atom. The normalized spacial score (nSPS) is 12.4. The van der Waals surface area contributed by atoms with Gasteiger partial charge in [0.1, 0.15) is 0 Å². The average molecular weight is 284 g/mol. The summed E-state index contributed by atoms with van der Waals surface area (Å²) in [5.74, 6) is 0. The van der Waals surface area contributed by atoms with Crippen LogP contribution >= 0.6 is 22.9 Å². The second-order valence-corrected chi connectivity index (χ2v) is 5.38. The third kappa shape index (κ3) is 2.98. The van der Waals surface area contributed by atoms with Crippen molar-refractivity contribution in [3.63, 3.8) is 0 Å². The fourth-order valence-electron chi connectivity index (χ4n) is 1.65. The van der Waals surface area contributed by atoms with E-state index in [1.165, 1.54) is 0 Å². The number of rotatable bonds is 5. The van der Waals surface area contributed by atoms with Crippen LogP contribution in [-0.4, -0.2) is 23.6 Å². The molecule has 6 heteroatoms. The standard InChI is InChI=1S/C12H14ClN3OS/c1-3-14-11(9-4-5-10(13)18-9)8-6-15-12(17-2)16-7-8/h4-7,11,14H,3H2,1-2H3. The summed E-state index contributed by atoms with van der Waals surface area (Å²) < 4.78 is 5.74. The van der Waals surface area contributed by atoms with Crippen molar-refractivity contribution in [2.24, 2.45) is 0 Å². The number of methoxy groups -OCH3 is 1. The van der Waals surface area contributed by atoms with E-state index in [0.29, 0.717) is 6.01 Å². The summed E-state index contributed by atoms with van der Waals surface area (Å²) in [7, 11) is 1.55. The molecule has 4 nitrogen and oxygen atoms in total. The Morgan fingerprint density at radius 1 is 1.39 bits per heavy atom. The van der Waals surface area contributed by atoms with Crippen LogP contribution in [0.15, 0.2) is 24.5 Å². The molecular weight excluding hydrogens is 270 g/mol. The summed E-state index contributed by atoms with van der Waals surface area (Å²) >= 11 is 7.54. The molecule has 2 aromatic rings. The van der Waals surface area contributed by atoms with E-state index in [0.717, 1.165) is 21.3 Å². The SMILES string of the molecule is CCNC(c1cnc(OC)nc1)c1ccc(Cl)s1. The van der Waals surface area contributed by atoms with E-state index >= 15 is 0 Å². The van der Waals surface area contributed by atoms with Gasteiger partial charge in [0.05, 0.1) is 17.5 Å². The van der Waals surface area contributed by atoms with E-state index in [1.807, 2.05) is 12.1 Å². The quantitative estimate of drug-likeness (QED) is 0.916. The lowest BCUT2D eigenvalue weighted by Gasteiger charge is -2.16. The van der Waals surface area contributed by atoms with Gasteiger partial charge in [-0.2, -0.15) is 0 Å². The first-order valence-corrected chi connectivity index (χ1v) is 6.78. The highest BCUT2D eigenvalue weighted by molar-refractivity contribution is 7.16. The number of hydrogen-bond acceptors (Lipinski definition) is 5. The molecule has 2 aromatic heterocycles. The highest BCUT2D eigenvalue weighted by Crippen LogP contribution is 2.30. The van der Waals surface area contributed by atoms with Crippen LogP contribution in [0, 0.1) is 0 Å². The first-order chi connectivity index (χ1) is 8.74. The fraction of sp³-hybridized carbons (Fsp3) is 0.333. The third-order valence-electron chi connectivity index (χ3n) is 2.45. The molecule has 1 N–H and O–H groups in total. The van der Waals surface area contributed by atoms with Crippen molar-refractivity contribution < 1.29 is 4.74 Å². The van der Waals surface area contributed by atoms with Crippen LogP contribution in [0.2, 0.25) is 4.34 Å². The van der Waals surface area contributed by atoms with Gasteiger partial charge in [-0.15, -0.1) is 11.3 Å². The molecular formula is C12H14ClN3OS. The van der Waals surface area contributed by atoms with Crippen molar-refractivity contribution in [2.45, 2.75) is 13.0 Å². The molecule has 96 valence electrons. The van der Waals surface area contributed by atoms with Gasteiger partial charge >= 0.3 is 6.01 Å². The Kier molecular flexibility index (Phi) is 4.52. The van der Waals surface area contributed by atoms with Crippen molar-refractivity contribution >= 4 is 22.9 Å². The molecule has 0 amide bonds. The monoisotopic (exact) mass is 283 g/mol. The Morgan fingerprint density at radius 2 is 2.11 bits per heavy atom. The Labute approximate surface area is 115 Å². The van der Waals surface area contributed by atoms with Crippen molar-refractivity contribution in [1.82, 2.24) is 15.3 Å². The van der Waals surface area contributed by atoms with Crippen LogP contribution in [0.25, 0.3) is 0 Å². The number of aromatic nitrogens is 2. The Hall–Kier alpha value is -1.17. The van der Waals surface area contributed by atoms with Crippen molar-refractivity contribution in [3.8, 4) is 6.01 Å². The molecule has 0 spiro atoms. The molecule has 1 unspecified atom stereocenters. The van der Waals surface area contributed by atoms with Gasteiger partial charge < -0.3 is 10.1 Å². The molecule has 0 bridgehead atoms. The highest BCUT2D eigenvalue weighted by Gasteiger charge is 2.16. The van der Waals surface area contributed by atoms with Crippen molar-refractivity contribution in [2.75, 3.05) is 13.7 Å². The van der Waals surface area contributed by atoms with Gasteiger partial charge in [-0.05, 0) is 18.7 Å². The summed E-state index contributed by atoms with van der Waals surface area (Å²) in [5, 5.41) is 3.40. The summed E-state index contributed by atoms with van der Waals surface area (Å²) in [6.45, 7) is 2.92. The zero-order valence-electron chi connectivity index (χ0n) is 10.2. The lowest BCUT2D eigenvalue weighted by atomic mass is 10.1. The van der Waals surface area contributed by atoms with Gasteiger partial charge in [-0.25, -0.2) is 9.97 Å². The average Bonchev–Trinajstić information content (AvgIpc) is 2.82. The van der Waals surface area contributed by atoms with Crippen LogP contribution in [0.3, 0.4) is 0 Å². The zero-order chi connectivity index (χ0) is 13.0. The van der Waals surface area contributed by atoms with Gasteiger partial charge in [-0.1, -0.05) is 18.5 Å². The molecule has 0 aromatic carbocycles. The van der Waals surface area contributed by atoms with Crippen LogP contribution in [0.5, 0.6) is 6.01 Å². The predicted octanol–water partition coefficient (Wildman–Crippen LogP) is 2.90. The third-order valence-corrected chi connectivity index (χ3v) is 3.75. The van der Waals surface area contributed by atoms with Crippen LogP contribution in [0.1, 0.15) is 23.4 Å². The lowest BCUT2D eigenvalue weighted by Crippen LogP contribution is -2.21. The van der Waals surface area contributed by atoms with Gasteiger partial charge in [0.25, 0.3) is 0 Å². The minimum absolute atomic E-state index is 0.0680. The predicted molar refractivity (Wildman–Crippen MR) is 73.4 cm³/mol. The molecule has 0 saturated carbocycles. The van der Waals surface area contributed by atoms with Crippen LogP contribution in [-0.2, 0) is 0 Å². The largest absolute Gasteiger partial charge is 0.467 e. The number of hydrogen-bond donors (Lipinski definition) is 1. The van der Waals surface area contributed by atoms with Crippen LogP contribution in [0.4, 0.5) is 0 Å². The van der Waals surface area contributed by atoms with E-state index in [9.17, 15) is 0 Å². The second-order valence-electron chi connectivity index (χ2n) is 3.64. The van der Waals surface area contributed by atoms with E-state index in [-0.39, 0.29) is 6.04 Å². The molecule has 0 aliphatic rings. The van der Waals surface area contributed by atoms with Gasteiger partial charge in [0.15, 0.2) is 0 Å². The lowest BCUT2D eigenvalue weighted by molar-refractivity contribution is 0.378. The first kappa shape index (κ1) is 13.3. The molecule has 0 radical (unpaired) electrons. The van der Waals surface area contributed by atoms with Gasteiger partial charge in [-0.3, -0.25) is 0 Å². The first-order valence-electron chi connectivity index (χ1n) is 5.59. The van der Waals surface area contributed by atoms with Gasteiger partial charge in [0.2, 0.25) is 0 Å². The maximum atomic E-state index is 5.98. The van der Waals surface area contributed by atoms with Gasteiger partial charge in [0, 0.05) is 22.8 Å². The molecule has 0 aliphatic heterocycles. The summed E-state index contributed by atoms with van der Waals surface area (Å²) in [6, 6.07) is 4.36. The number of thiophene rings is 1. The van der Waals surface area contributed by atoms with Crippen molar-refractivity contribution in [3.05, 3.63) is 39.3 Å². The molecule has 1 atom stereocenters. The second kappa shape index (κ2) is 6.13. The molecule has 2 rings (SSSR count). The topological polar surface area (TPSA) is 47.0 Å². The number of halogens is 1. The Balaban J connectivity index is 2.28. The molecule has 18 heavy (non-hydrogen) atoms. The highest BCUT2D eigenvalue weighted by atomic mass is 35.5. The van der Waals surface area contributed by atoms with E-state index in [2.05, 4.69) is 22.2 Å². The number of nitrogens with one attached hydrogen (secondary N) is 1. The number of nitrogens with zero attached hydrogens (tertiary/aromatic N) is 2. The summed E-state index contributed by atoms with van der Waals surface area (Å²) in [4.78, 5) is 9.41. The summed E-state index contributed by atoms with van der Waals surface area (Å²) in [6.07, 6.45) is 3.54. The maximum Gasteiger partial charge on any atom is 0.316 e. The fourth-order valence-corrected chi connectivity index (χ4v) is 2.82. The molecule has 0 saturated heterocycles. The van der Waals surface area contributed by atoms with E-state index in [1.54, 1.807) is 30.8 Å². The van der Waals surface area contributed by atoms with E-state index in [4.69, 9.17) is 16.3 Å². The zero-order valence-corrected chi connectivity index (χ0v) is 11.8. The molecule has 2 heterocycles. The molecule has 0 aliphatic carbocycles.